The minimum absolute atomic E-state index is 0.0243. The smallest absolute Gasteiger partial charge is 0.237 e. The molecule has 0 aliphatic rings. The molecule has 132 valence electrons. The predicted molar refractivity (Wildman–Crippen MR) is 105 cm³/mol. The average molecular weight is 420 g/mol. The maximum atomic E-state index is 12.5. The van der Waals surface area contributed by atoms with Gasteiger partial charge in [-0.2, -0.15) is 16.6 Å². The summed E-state index contributed by atoms with van der Waals surface area (Å²) >= 11 is 5.10. The summed E-state index contributed by atoms with van der Waals surface area (Å²) in [5, 5.41) is 19.0. The zero-order chi connectivity index (χ0) is 18.2. The molecule has 4 nitrogen and oxygen atoms in total. The van der Waals surface area contributed by atoms with Gasteiger partial charge in [0.1, 0.15) is 6.54 Å². The molecule has 2 atom stereocenters. The molecule has 2 rings (SSSR count). The van der Waals surface area contributed by atoms with E-state index in [1.807, 2.05) is 23.6 Å². The van der Waals surface area contributed by atoms with Gasteiger partial charge in [0.05, 0.1) is 18.2 Å². The Morgan fingerprint density at radius 2 is 1.96 bits per heavy atom. The minimum atomic E-state index is -0.359. The largest absolute Gasteiger partial charge is 0.342 e. The number of carbonyl (C=O) groups excluding carboxylic acids is 1. The molecule has 0 bridgehead atoms. The number of thiophene rings is 1. The molecular weight excluding hydrogens is 398 g/mol. The second-order valence-corrected chi connectivity index (χ2v) is 7.96. The molecule has 0 radical (unpaired) electrons. The van der Waals surface area contributed by atoms with Gasteiger partial charge in [-0.05, 0) is 52.4 Å². The first-order valence-corrected chi connectivity index (χ1v) is 9.93. The Labute approximate surface area is 161 Å². The van der Waals surface area contributed by atoms with E-state index in [9.17, 15) is 4.79 Å². The summed E-state index contributed by atoms with van der Waals surface area (Å²) in [5.74, 6) is 0.228. The van der Waals surface area contributed by atoms with Crippen LogP contribution in [0.2, 0.25) is 0 Å². The molecule has 0 fully saturated rings. The van der Waals surface area contributed by atoms with Crippen molar-refractivity contribution >= 4 is 33.2 Å². The van der Waals surface area contributed by atoms with Crippen LogP contribution in [0.5, 0.6) is 0 Å². The van der Waals surface area contributed by atoms with Crippen LogP contribution < -0.4 is 10.6 Å². The quantitative estimate of drug-likeness (QED) is 0.628. The fourth-order valence-electron chi connectivity index (χ4n) is 2.65. The maximum absolute atomic E-state index is 12.5. The fraction of sp³-hybridized carbons (Fsp3) is 0.368. The van der Waals surface area contributed by atoms with E-state index in [-0.39, 0.29) is 24.5 Å². The zero-order valence-electron chi connectivity index (χ0n) is 14.3. The summed E-state index contributed by atoms with van der Waals surface area (Å²) in [6.07, 6.45) is 0.703. The standard InChI is InChI=1S/C19H22BrN3OS/c1-13(2)11-17(19(24)22-9-8-21)23-18(15-7-10-25-12-15)14-3-5-16(20)6-4-14/h3-7,10,12-13,17-18,23H,9,11H2,1-2H3,(H,22,24)/t17-,18-/m0/s1. The molecule has 1 heterocycles. The van der Waals surface area contributed by atoms with Gasteiger partial charge in [-0.1, -0.05) is 41.9 Å². The van der Waals surface area contributed by atoms with Crippen molar-refractivity contribution in [2.24, 2.45) is 5.92 Å². The number of hydrogen-bond acceptors (Lipinski definition) is 4. The fourth-order valence-corrected chi connectivity index (χ4v) is 3.60. The number of nitriles is 1. The van der Waals surface area contributed by atoms with Crippen LogP contribution in [0.15, 0.2) is 45.6 Å². The summed E-state index contributed by atoms with van der Waals surface area (Å²) in [6, 6.07) is 11.7. The summed E-state index contributed by atoms with van der Waals surface area (Å²) in [6.45, 7) is 4.20. The molecule has 1 aromatic carbocycles. The molecule has 6 heteroatoms. The third-order valence-corrected chi connectivity index (χ3v) is 5.04. The normalized spacial score (nSPS) is 13.2. The van der Waals surface area contributed by atoms with Gasteiger partial charge in [-0.25, -0.2) is 0 Å². The van der Waals surface area contributed by atoms with Crippen molar-refractivity contribution < 1.29 is 4.79 Å². The Hall–Kier alpha value is -1.68. The molecule has 1 aromatic heterocycles. The molecular formula is C19H22BrN3OS. The number of carbonyl (C=O) groups is 1. The number of benzene rings is 1. The lowest BCUT2D eigenvalue weighted by molar-refractivity contribution is -0.123. The maximum Gasteiger partial charge on any atom is 0.237 e. The van der Waals surface area contributed by atoms with Crippen LogP contribution in [0, 0.1) is 17.2 Å². The average Bonchev–Trinajstić information content (AvgIpc) is 3.11. The summed E-state index contributed by atoms with van der Waals surface area (Å²) in [4.78, 5) is 12.5. The van der Waals surface area contributed by atoms with Gasteiger partial charge in [-0.3, -0.25) is 10.1 Å². The first-order valence-electron chi connectivity index (χ1n) is 8.19. The molecule has 0 saturated heterocycles. The molecule has 2 aromatic rings. The van der Waals surface area contributed by atoms with Crippen molar-refractivity contribution in [3.8, 4) is 6.07 Å². The molecule has 0 unspecified atom stereocenters. The van der Waals surface area contributed by atoms with Gasteiger partial charge < -0.3 is 5.32 Å². The van der Waals surface area contributed by atoms with Crippen LogP contribution in [-0.2, 0) is 4.79 Å². The van der Waals surface area contributed by atoms with E-state index in [2.05, 4.69) is 64.0 Å². The van der Waals surface area contributed by atoms with E-state index in [0.717, 1.165) is 15.6 Å². The van der Waals surface area contributed by atoms with Crippen molar-refractivity contribution in [2.75, 3.05) is 6.54 Å². The first kappa shape index (κ1) is 19.6. The molecule has 0 saturated carbocycles. The Kier molecular flexibility index (Phi) is 7.63. The van der Waals surface area contributed by atoms with Gasteiger partial charge in [0.2, 0.25) is 5.91 Å². The third kappa shape index (κ3) is 5.96. The highest BCUT2D eigenvalue weighted by molar-refractivity contribution is 9.10. The lowest BCUT2D eigenvalue weighted by Gasteiger charge is -2.26. The third-order valence-electron chi connectivity index (χ3n) is 3.81. The number of hydrogen-bond donors (Lipinski definition) is 2. The predicted octanol–water partition coefficient (Wildman–Crippen LogP) is 4.24. The van der Waals surface area contributed by atoms with Crippen molar-refractivity contribution in [3.63, 3.8) is 0 Å². The SMILES string of the molecule is CC(C)C[C@H](N[C@@H](c1ccc(Br)cc1)c1ccsc1)C(=O)NCC#N. The molecule has 25 heavy (non-hydrogen) atoms. The number of nitrogens with zero attached hydrogens (tertiary/aromatic N) is 1. The molecule has 0 aliphatic heterocycles. The van der Waals surface area contributed by atoms with E-state index in [1.165, 1.54) is 0 Å². The van der Waals surface area contributed by atoms with Gasteiger partial charge in [0.25, 0.3) is 0 Å². The lowest BCUT2D eigenvalue weighted by Crippen LogP contribution is -2.46. The first-order chi connectivity index (χ1) is 12.0. The van der Waals surface area contributed by atoms with Crippen LogP contribution in [-0.4, -0.2) is 18.5 Å². The number of halogens is 1. The van der Waals surface area contributed by atoms with Crippen molar-refractivity contribution in [2.45, 2.75) is 32.4 Å². The highest BCUT2D eigenvalue weighted by atomic mass is 79.9. The van der Waals surface area contributed by atoms with Gasteiger partial charge >= 0.3 is 0 Å². The van der Waals surface area contributed by atoms with Crippen LogP contribution in [0.25, 0.3) is 0 Å². The van der Waals surface area contributed by atoms with Crippen molar-refractivity contribution in [1.82, 2.24) is 10.6 Å². The Morgan fingerprint density at radius 1 is 1.24 bits per heavy atom. The second-order valence-electron chi connectivity index (χ2n) is 6.27. The molecule has 2 N–H and O–H groups in total. The topological polar surface area (TPSA) is 64.9 Å². The van der Waals surface area contributed by atoms with Crippen molar-refractivity contribution in [3.05, 3.63) is 56.7 Å². The van der Waals surface area contributed by atoms with E-state index in [1.54, 1.807) is 11.3 Å². The van der Waals surface area contributed by atoms with Gasteiger partial charge in [-0.15, -0.1) is 0 Å². The minimum Gasteiger partial charge on any atom is -0.342 e. The monoisotopic (exact) mass is 419 g/mol. The Bertz CT molecular complexity index is 707. The molecule has 1 amide bonds. The van der Waals surface area contributed by atoms with Crippen LogP contribution >= 0.6 is 27.3 Å². The van der Waals surface area contributed by atoms with Crippen LogP contribution in [0.3, 0.4) is 0 Å². The number of nitrogens with one attached hydrogen (secondary N) is 2. The van der Waals surface area contributed by atoms with Crippen LogP contribution in [0.4, 0.5) is 0 Å². The lowest BCUT2D eigenvalue weighted by atomic mass is 9.97. The van der Waals surface area contributed by atoms with Gasteiger partial charge in [0.15, 0.2) is 0 Å². The zero-order valence-corrected chi connectivity index (χ0v) is 16.7. The van der Waals surface area contributed by atoms with Crippen molar-refractivity contribution in [1.29, 1.82) is 5.26 Å². The Balaban J connectivity index is 2.27. The second kappa shape index (κ2) is 9.71. The molecule has 0 aliphatic carbocycles. The number of amides is 1. The van der Waals surface area contributed by atoms with Crippen LogP contribution in [0.1, 0.15) is 37.4 Å². The Morgan fingerprint density at radius 3 is 2.52 bits per heavy atom. The summed E-state index contributed by atoms with van der Waals surface area (Å²) < 4.78 is 1.02. The highest BCUT2D eigenvalue weighted by Crippen LogP contribution is 2.26. The molecule has 0 spiro atoms. The van der Waals surface area contributed by atoms with E-state index in [4.69, 9.17) is 5.26 Å². The van der Waals surface area contributed by atoms with E-state index in [0.29, 0.717) is 12.3 Å². The summed E-state index contributed by atoms with van der Waals surface area (Å²) in [7, 11) is 0. The van der Waals surface area contributed by atoms with E-state index < -0.39 is 0 Å². The number of rotatable bonds is 8. The van der Waals surface area contributed by atoms with Gasteiger partial charge in [0, 0.05) is 4.47 Å². The summed E-state index contributed by atoms with van der Waals surface area (Å²) in [5.41, 5.74) is 2.23. The highest BCUT2D eigenvalue weighted by Gasteiger charge is 2.25. The van der Waals surface area contributed by atoms with E-state index >= 15 is 0 Å².